The fourth-order valence-corrected chi connectivity index (χ4v) is 2.50. The maximum Gasteiger partial charge on any atom is 0.243 e. The molecular formula is C13H17N5O3. The molecular weight excluding hydrogens is 274 g/mol. The van der Waals surface area contributed by atoms with Crippen LogP contribution in [0, 0.1) is 5.92 Å². The summed E-state index contributed by atoms with van der Waals surface area (Å²) in [6.07, 6.45) is 4.00. The molecule has 1 saturated carbocycles. The number of furan rings is 1. The number of carbonyl (C=O) groups excluding carboxylic acids is 1. The lowest BCUT2D eigenvalue weighted by Gasteiger charge is -2.14. The maximum atomic E-state index is 11.8. The van der Waals surface area contributed by atoms with Gasteiger partial charge in [0.25, 0.3) is 0 Å². The van der Waals surface area contributed by atoms with Crippen molar-refractivity contribution >= 4 is 5.91 Å². The van der Waals surface area contributed by atoms with Crippen LogP contribution in [0.15, 0.2) is 22.8 Å². The molecule has 3 rings (SSSR count). The molecule has 21 heavy (non-hydrogen) atoms. The molecule has 1 aliphatic carbocycles. The van der Waals surface area contributed by atoms with Crippen LogP contribution < -0.4 is 5.32 Å². The lowest BCUT2D eigenvalue weighted by Crippen LogP contribution is -2.35. The van der Waals surface area contributed by atoms with Gasteiger partial charge in [-0.15, -0.1) is 10.2 Å². The van der Waals surface area contributed by atoms with E-state index in [9.17, 15) is 9.90 Å². The normalized spacial score (nSPS) is 21.6. The minimum atomic E-state index is -0.305. The molecule has 2 aromatic rings. The number of hydrogen-bond donors (Lipinski definition) is 2. The summed E-state index contributed by atoms with van der Waals surface area (Å²) in [6, 6.07) is 3.46. The summed E-state index contributed by atoms with van der Waals surface area (Å²) in [7, 11) is 0. The van der Waals surface area contributed by atoms with Gasteiger partial charge in [-0.25, -0.2) is 0 Å². The summed E-state index contributed by atoms with van der Waals surface area (Å²) in [5.41, 5.74) is 0. The van der Waals surface area contributed by atoms with Crippen molar-refractivity contribution in [2.45, 2.75) is 31.9 Å². The summed E-state index contributed by atoms with van der Waals surface area (Å²) >= 11 is 0. The van der Waals surface area contributed by atoms with Crippen molar-refractivity contribution in [2.24, 2.45) is 5.92 Å². The molecule has 2 aromatic heterocycles. The minimum absolute atomic E-state index is 0.00345. The smallest absolute Gasteiger partial charge is 0.243 e. The van der Waals surface area contributed by atoms with E-state index in [1.165, 1.54) is 11.1 Å². The van der Waals surface area contributed by atoms with E-state index in [4.69, 9.17) is 4.42 Å². The summed E-state index contributed by atoms with van der Waals surface area (Å²) in [5, 5.41) is 24.2. The third-order valence-electron chi connectivity index (χ3n) is 3.66. The van der Waals surface area contributed by atoms with Crippen LogP contribution in [0.2, 0.25) is 0 Å². The highest BCUT2D eigenvalue weighted by atomic mass is 16.3. The molecule has 8 heteroatoms. The van der Waals surface area contributed by atoms with Crippen molar-refractivity contribution < 1.29 is 14.3 Å². The first-order chi connectivity index (χ1) is 10.2. The quantitative estimate of drug-likeness (QED) is 0.815. The SMILES string of the molecule is O=C(Cn1nnc(-c2ccco2)n1)NCC1CCCC1O. The number of rotatable bonds is 5. The van der Waals surface area contributed by atoms with Crippen LogP contribution in [0.4, 0.5) is 0 Å². The van der Waals surface area contributed by atoms with Gasteiger partial charge in [0, 0.05) is 12.5 Å². The van der Waals surface area contributed by atoms with Crippen molar-refractivity contribution in [3.05, 3.63) is 18.4 Å². The molecule has 1 fully saturated rings. The fraction of sp³-hybridized carbons (Fsp3) is 0.538. The third kappa shape index (κ3) is 3.27. The molecule has 112 valence electrons. The van der Waals surface area contributed by atoms with Gasteiger partial charge < -0.3 is 14.8 Å². The molecule has 2 unspecified atom stereocenters. The van der Waals surface area contributed by atoms with Crippen LogP contribution in [-0.4, -0.2) is 43.9 Å². The first kappa shape index (κ1) is 13.7. The Bertz CT molecular complexity index is 595. The summed E-state index contributed by atoms with van der Waals surface area (Å²) in [4.78, 5) is 13.0. The molecule has 8 nitrogen and oxygen atoms in total. The van der Waals surface area contributed by atoms with Crippen LogP contribution in [-0.2, 0) is 11.3 Å². The van der Waals surface area contributed by atoms with Crippen molar-refractivity contribution in [3.8, 4) is 11.6 Å². The number of aromatic nitrogens is 4. The minimum Gasteiger partial charge on any atom is -0.461 e. The highest BCUT2D eigenvalue weighted by Crippen LogP contribution is 2.24. The van der Waals surface area contributed by atoms with Crippen LogP contribution in [0.1, 0.15) is 19.3 Å². The van der Waals surface area contributed by atoms with E-state index in [2.05, 4.69) is 20.7 Å². The molecule has 1 amide bonds. The standard InChI is InChI=1S/C13H17N5O3/c19-10-4-1-3-9(10)7-14-12(20)8-18-16-13(15-17-18)11-5-2-6-21-11/h2,5-6,9-10,19H,1,3-4,7-8H2,(H,14,20). The molecule has 0 aromatic carbocycles. The van der Waals surface area contributed by atoms with Gasteiger partial charge in [0.15, 0.2) is 5.76 Å². The Morgan fingerprint density at radius 1 is 1.52 bits per heavy atom. The van der Waals surface area contributed by atoms with E-state index in [-0.39, 0.29) is 24.5 Å². The van der Waals surface area contributed by atoms with Gasteiger partial charge in [-0.05, 0) is 30.2 Å². The highest BCUT2D eigenvalue weighted by Gasteiger charge is 2.25. The topological polar surface area (TPSA) is 106 Å². The Balaban J connectivity index is 1.51. The molecule has 0 aliphatic heterocycles. The second-order valence-corrected chi connectivity index (χ2v) is 5.18. The maximum absolute atomic E-state index is 11.8. The average molecular weight is 291 g/mol. The predicted octanol–water partition coefficient (Wildman–Crippen LogP) is 0.210. The Morgan fingerprint density at radius 3 is 3.14 bits per heavy atom. The van der Waals surface area contributed by atoms with Crippen LogP contribution in [0.3, 0.4) is 0 Å². The van der Waals surface area contributed by atoms with Crippen molar-refractivity contribution in [1.82, 2.24) is 25.5 Å². The predicted molar refractivity (Wildman–Crippen MR) is 71.9 cm³/mol. The van der Waals surface area contributed by atoms with Gasteiger partial charge in [-0.3, -0.25) is 4.79 Å². The van der Waals surface area contributed by atoms with Gasteiger partial charge in [-0.2, -0.15) is 4.80 Å². The first-order valence-electron chi connectivity index (χ1n) is 6.99. The highest BCUT2D eigenvalue weighted by molar-refractivity contribution is 5.75. The van der Waals surface area contributed by atoms with E-state index in [1.807, 2.05) is 0 Å². The summed E-state index contributed by atoms with van der Waals surface area (Å²) < 4.78 is 5.16. The molecule has 0 spiro atoms. The average Bonchev–Trinajstić information content (AvgIpc) is 3.17. The molecule has 1 aliphatic rings. The molecule has 2 N–H and O–H groups in total. The largest absolute Gasteiger partial charge is 0.461 e. The van der Waals surface area contributed by atoms with E-state index >= 15 is 0 Å². The number of aliphatic hydroxyl groups is 1. The van der Waals surface area contributed by atoms with Gasteiger partial charge in [0.1, 0.15) is 6.54 Å². The van der Waals surface area contributed by atoms with E-state index in [1.54, 1.807) is 12.1 Å². The van der Waals surface area contributed by atoms with Crippen molar-refractivity contribution in [1.29, 1.82) is 0 Å². The Hall–Kier alpha value is -2.22. The number of nitrogens with one attached hydrogen (secondary N) is 1. The van der Waals surface area contributed by atoms with Crippen LogP contribution >= 0.6 is 0 Å². The second kappa shape index (κ2) is 6.04. The third-order valence-corrected chi connectivity index (χ3v) is 3.66. The molecule has 2 atom stereocenters. The first-order valence-corrected chi connectivity index (χ1v) is 6.99. The zero-order chi connectivity index (χ0) is 14.7. The number of nitrogens with zero attached hydrogens (tertiary/aromatic N) is 4. The zero-order valence-electron chi connectivity index (χ0n) is 11.5. The fourth-order valence-electron chi connectivity index (χ4n) is 2.50. The van der Waals surface area contributed by atoms with E-state index in [0.717, 1.165) is 19.3 Å². The second-order valence-electron chi connectivity index (χ2n) is 5.18. The molecule has 0 radical (unpaired) electrons. The van der Waals surface area contributed by atoms with E-state index in [0.29, 0.717) is 18.1 Å². The van der Waals surface area contributed by atoms with Gasteiger partial charge in [0.2, 0.25) is 11.7 Å². The molecule has 0 saturated heterocycles. The molecule has 0 bridgehead atoms. The Labute approximate surface area is 121 Å². The zero-order valence-corrected chi connectivity index (χ0v) is 11.5. The number of aliphatic hydroxyl groups excluding tert-OH is 1. The number of tetrazole rings is 1. The lowest BCUT2D eigenvalue weighted by molar-refractivity contribution is -0.122. The monoisotopic (exact) mass is 291 g/mol. The van der Waals surface area contributed by atoms with E-state index < -0.39 is 0 Å². The van der Waals surface area contributed by atoms with Gasteiger partial charge in [-0.1, -0.05) is 6.42 Å². The number of hydrogen-bond acceptors (Lipinski definition) is 6. The van der Waals surface area contributed by atoms with Gasteiger partial charge >= 0.3 is 0 Å². The van der Waals surface area contributed by atoms with Crippen molar-refractivity contribution in [2.75, 3.05) is 6.54 Å². The number of carbonyl (C=O) groups is 1. The van der Waals surface area contributed by atoms with Crippen LogP contribution in [0.25, 0.3) is 11.6 Å². The van der Waals surface area contributed by atoms with Crippen molar-refractivity contribution in [3.63, 3.8) is 0 Å². The lowest BCUT2D eigenvalue weighted by atomic mass is 10.1. The Morgan fingerprint density at radius 2 is 2.43 bits per heavy atom. The summed E-state index contributed by atoms with van der Waals surface area (Å²) in [6.45, 7) is 0.482. The number of amides is 1. The Kier molecular flexibility index (Phi) is 3.96. The molecule has 2 heterocycles. The van der Waals surface area contributed by atoms with Crippen LogP contribution in [0.5, 0.6) is 0 Å². The van der Waals surface area contributed by atoms with Gasteiger partial charge in [0.05, 0.1) is 12.4 Å². The summed E-state index contributed by atoms with van der Waals surface area (Å²) in [5.74, 6) is 0.809.